The highest BCUT2D eigenvalue weighted by Gasteiger charge is 2.30. The number of likely N-dealkylation sites (tertiary alicyclic amines) is 1. The van der Waals surface area contributed by atoms with Crippen LogP contribution < -0.4 is 11.1 Å². The molecule has 3 aromatic rings. The Morgan fingerprint density at radius 2 is 2.00 bits per heavy atom. The third-order valence-electron chi connectivity index (χ3n) is 5.61. The van der Waals surface area contributed by atoms with E-state index in [1.807, 2.05) is 30.3 Å². The van der Waals surface area contributed by atoms with Crippen molar-refractivity contribution in [1.29, 1.82) is 0 Å². The predicted molar refractivity (Wildman–Crippen MR) is 121 cm³/mol. The molecule has 4 rings (SSSR count). The lowest BCUT2D eigenvalue weighted by Gasteiger charge is -2.18. The average molecular weight is 418 g/mol. The highest BCUT2D eigenvalue weighted by molar-refractivity contribution is 6.06. The molecular weight excluding hydrogens is 390 g/mol. The molecule has 0 spiro atoms. The molecule has 0 aliphatic carbocycles. The van der Waals surface area contributed by atoms with Gasteiger partial charge >= 0.3 is 0 Å². The molecule has 7 heteroatoms. The van der Waals surface area contributed by atoms with Gasteiger partial charge in [0.15, 0.2) is 0 Å². The van der Waals surface area contributed by atoms with Crippen LogP contribution >= 0.6 is 0 Å². The molecule has 1 aliphatic rings. The Bertz CT molecular complexity index is 1130. The number of hydrogen-bond acceptors (Lipinski definition) is 5. The maximum absolute atomic E-state index is 12.9. The minimum Gasteiger partial charge on any atom is -0.383 e. The lowest BCUT2D eigenvalue weighted by atomic mass is 9.99. The maximum Gasteiger partial charge on any atom is 0.257 e. The molecule has 1 fully saturated rings. The number of aromatic nitrogens is 2. The maximum atomic E-state index is 12.9. The number of nitrogens with two attached hydrogens (primary N) is 1. The molecular formula is C24H27N5O2. The predicted octanol–water partition coefficient (Wildman–Crippen LogP) is 3.23. The Kier molecular flexibility index (Phi) is 5.84. The van der Waals surface area contributed by atoms with Crippen molar-refractivity contribution >= 4 is 28.5 Å². The van der Waals surface area contributed by atoms with Crippen LogP contribution in [0.3, 0.4) is 0 Å². The number of pyridine rings is 2. The summed E-state index contributed by atoms with van der Waals surface area (Å²) in [5.74, 6) is 0.448. The highest BCUT2D eigenvalue weighted by Crippen LogP contribution is 2.30. The minimum atomic E-state index is -0.121. The van der Waals surface area contributed by atoms with Crippen LogP contribution in [0.2, 0.25) is 0 Å². The van der Waals surface area contributed by atoms with Gasteiger partial charge in [-0.15, -0.1) is 0 Å². The second-order valence-electron chi connectivity index (χ2n) is 8.39. The van der Waals surface area contributed by atoms with Crippen LogP contribution in [0.25, 0.3) is 10.9 Å². The summed E-state index contributed by atoms with van der Waals surface area (Å²) in [5, 5.41) is 3.85. The number of fused-ring (bicyclic) bond motifs is 1. The van der Waals surface area contributed by atoms with E-state index in [9.17, 15) is 9.59 Å². The first-order valence-electron chi connectivity index (χ1n) is 10.6. The van der Waals surface area contributed by atoms with E-state index in [1.54, 1.807) is 23.2 Å². The number of nitrogens with zero attached hydrogens (tertiary/aromatic N) is 3. The van der Waals surface area contributed by atoms with Gasteiger partial charge < -0.3 is 16.0 Å². The number of para-hydroxylation sites is 1. The van der Waals surface area contributed by atoms with Gasteiger partial charge in [0, 0.05) is 42.8 Å². The second kappa shape index (κ2) is 8.71. The fraction of sp³-hybridized carbons (Fsp3) is 0.333. The summed E-state index contributed by atoms with van der Waals surface area (Å²) in [4.78, 5) is 36.4. The first-order valence-corrected chi connectivity index (χ1v) is 10.6. The van der Waals surface area contributed by atoms with Crippen molar-refractivity contribution in [2.24, 2.45) is 5.92 Å². The number of carbonyl (C=O) groups is 2. The van der Waals surface area contributed by atoms with Crippen molar-refractivity contribution in [3.8, 4) is 0 Å². The topological polar surface area (TPSA) is 101 Å². The van der Waals surface area contributed by atoms with Gasteiger partial charge in [-0.1, -0.05) is 32.0 Å². The molecule has 160 valence electrons. The number of hydrogen-bond donors (Lipinski definition) is 2. The number of anilines is 1. The van der Waals surface area contributed by atoms with E-state index < -0.39 is 0 Å². The van der Waals surface area contributed by atoms with Crippen LogP contribution in [0.4, 0.5) is 5.82 Å². The van der Waals surface area contributed by atoms with Gasteiger partial charge in [0.1, 0.15) is 5.82 Å². The zero-order chi connectivity index (χ0) is 22.0. The van der Waals surface area contributed by atoms with Gasteiger partial charge in [-0.05, 0) is 36.6 Å². The van der Waals surface area contributed by atoms with Crippen molar-refractivity contribution in [2.75, 3.05) is 25.4 Å². The van der Waals surface area contributed by atoms with Crippen molar-refractivity contribution in [1.82, 2.24) is 20.2 Å². The van der Waals surface area contributed by atoms with E-state index in [4.69, 9.17) is 10.7 Å². The smallest absolute Gasteiger partial charge is 0.257 e. The molecule has 1 saturated heterocycles. The summed E-state index contributed by atoms with van der Waals surface area (Å²) in [5.41, 5.74) is 8.56. The summed E-state index contributed by atoms with van der Waals surface area (Å²) >= 11 is 0. The van der Waals surface area contributed by atoms with Crippen LogP contribution in [-0.4, -0.2) is 46.3 Å². The number of benzene rings is 1. The number of rotatable bonds is 5. The van der Waals surface area contributed by atoms with E-state index in [1.165, 1.54) is 0 Å². The molecule has 1 aromatic carbocycles. The van der Waals surface area contributed by atoms with Gasteiger partial charge in [-0.2, -0.15) is 0 Å². The Hall–Kier alpha value is -3.48. The quantitative estimate of drug-likeness (QED) is 0.664. The van der Waals surface area contributed by atoms with E-state index >= 15 is 0 Å². The standard InChI is InChI=1S/C24H27N5O2/c1-15(2)13-27-23(30)19-12-21(28-20-8-4-3-6-17(19)20)16-9-11-29(14-16)24(31)18-7-5-10-26-22(18)25/h3-8,10,12,15-16H,9,11,13-14H2,1-2H3,(H2,25,26)(H,27,30)/t16-/m0/s1. The minimum absolute atomic E-state index is 0.0584. The van der Waals surface area contributed by atoms with Crippen LogP contribution in [-0.2, 0) is 0 Å². The monoisotopic (exact) mass is 417 g/mol. The first kappa shape index (κ1) is 20.8. The molecule has 31 heavy (non-hydrogen) atoms. The van der Waals surface area contributed by atoms with E-state index in [0.29, 0.717) is 36.7 Å². The summed E-state index contributed by atoms with van der Waals surface area (Å²) in [6.07, 6.45) is 2.36. The van der Waals surface area contributed by atoms with Crippen molar-refractivity contribution in [3.63, 3.8) is 0 Å². The average Bonchev–Trinajstić information content (AvgIpc) is 3.27. The molecule has 0 unspecified atom stereocenters. The van der Waals surface area contributed by atoms with E-state index in [0.717, 1.165) is 23.0 Å². The molecule has 1 atom stereocenters. The third kappa shape index (κ3) is 4.35. The Morgan fingerprint density at radius 3 is 2.77 bits per heavy atom. The zero-order valence-electron chi connectivity index (χ0n) is 17.8. The largest absolute Gasteiger partial charge is 0.383 e. The molecule has 3 N–H and O–H groups in total. The number of nitrogen functional groups attached to an aromatic ring is 1. The van der Waals surface area contributed by atoms with Crippen molar-refractivity contribution in [3.05, 3.63) is 65.5 Å². The Labute approximate surface area is 181 Å². The Balaban J connectivity index is 1.60. The highest BCUT2D eigenvalue weighted by atomic mass is 16.2. The number of carbonyl (C=O) groups excluding carboxylic acids is 2. The number of amides is 2. The van der Waals surface area contributed by atoms with Crippen molar-refractivity contribution < 1.29 is 9.59 Å². The summed E-state index contributed by atoms with van der Waals surface area (Å²) in [6, 6.07) is 13.0. The summed E-state index contributed by atoms with van der Waals surface area (Å²) < 4.78 is 0. The molecule has 7 nitrogen and oxygen atoms in total. The fourth-order valence-electron chi connectivity index (χ4n) is 3.94. The lowest BCUT2D eigenvalue weighted by molar-refractivity contribution is 0.0791. The molecule has 3 heterocycles. The van der Waals surface area contributed by atoms with Gasteiger partial charge in [0.25, 0.3) is 11.8 Å². The van der Waals surface area contributed by atoms with Crippen LogP contribution in [0.1, 0.15) is 52.6 Å². The van der Waals surface area contributed by atoms with Gasteiger partial charge in [-0.3, -0.25) is 14.6 Å². The van der Waals surface area contributed by atoms with Gasteiger partial charge in [0.05, 0.1) is 16.6 Å². The second-order valence-corrected chi connectivity index (χ2v) is 8.39. The summed E-state index contributed by atoms with van der Waals surface area (Å²) in [7, 11) is 0. The van der Waals surface area contributed by atoms with Gasteiger partial charge in [0.2, 0.25) is 0 Å². The van der Waals surface area contributed by atoms with Crippen LogP contribution in [0.5, 0.6) is 0 Å². The molecule has 0 radical (unpaired) electrons. The van der Waals surface area contributed by atoms with Crippen LogP contribution in [0, 0.1) is 5.92 Å². The van der Waals surface area contributed by atoms with Crippen molar-refractivity contribution in [2.45, 2.75) is 26.2 Å². The van der Waals surface area contributed by atoms with Gasteiger partial charge in [-0.25, -0.2) is 4.98 Å². The SMILES string of the molecule is CC(C)CNC(=O)c1cc([C@H]2CCN(C(=O)c3cccnc3N)C2)nc2ccccc12. The molecule has 2 amide bonds. The number of nitrogens with one attached hydrogen (secondary N) is 1. The van der Waals surface area contributed by atoms with E-state index in [2.05, 4.69) is 24.1 Å². The normalized spacial score (nSPS) is 16.1. The lowest BCUT2D eigenvalue weighted by Crippen LogP contribution is -2.29. The molecule has 1 aliphatic heterocycles. The first-order chi connectivity index (χ1) is 14.9. The van der Waals surface area contributed by atoms with E-state index in [-0.39, 0.29) is 23.6 Å². The molecule has 2 aromatic heterocycles. The van der Waals surface area contributed by atoms with Crippen LogP contribution in [0.15, 0.2) is 48.7 Å². The third-order valence-corrected chi connectivity index (χ3v) is 5.61. The molecule has 0 saturated carbocycles. The zero-order valence-corrected chi connectivity index (χ0v) is 17.8. The fourth-order valence-corrected chi connectivity index (χ4v) is 3.94. The molecule has 0 bridgehead atoms. The summed E-state index contributed by atoms with van der Waals surface area (Å²) in [6.45, 7) is 5.89. The Morgan fingerprint density at radius 1 is 1.19 bits per heavy atom.